The molecule has 0 radical (unpaired) electrons. The van der Waals surface area contributed by atoms with E-state index in [9.17, 15) is 5.11 Å². The lowest BCUT2D eigenvalue weighted by atomic mass is 9.76. The smallest absolute Gasteiger partial charge is 0.124 e. The second-order valence-electron chi connectivity index (χ2n) is 5.16. The third-order valence-corrected chi connectivity index (χ3v) is 4.33. The Morgan fingerprint density at radius 1 is 1.35 bits per heavy atom. The van der Waals surface area contributed by atoms with Crippen molar-refractivity contribution in [2.45, 2.75) is 18.4 Å². The van der Waals surface area contributed by atoms with Crippen LogP contribution in [0.15, 0.2) is 24.3 Å². The van der Waals surface area contributed by atoms with E-state index in [2.05, 4.69) is 4.90 Å². The molecule has 2 aliphatic heterocycles. The molecule has 1 aromatic carbocycles. The molecule has 1 N–H and O–H groups in total. The molecule has 0 aromatic heterocycles. The standard InChI is InChI=1S/C14H19NO2/c1-17-13-5-3-2-4-12(13)14(16)7-9-15-8-6-11(14)10-15/h2-5,11,16H,6-10H2,1H3. The van der Waals surface area contributed by atoms with Crippen molar-refractivity contribution in [1.82, 2.24) is 4.90 Å². The number of rotatable bonds is 2. The van der Waals surface area contributed by atoms with Gasteiger partial charge >= 0.3 is 0 Å². The zero-order valence-electron chi connectivity index (χ0n) is 10.2. The van der Waals surface area contributed by atoms with Gasteiger partial charge in [-0.3, -0.25) is 0 Å². The van der Waals surface area contributed by atoms with Crippen LogP contribution in [-0.2, 0) is 5.60 Å². The molecular weight excluding hydrogens is 214 g/mol. The van der Waals surface area contributed by atoms with Gasteiger partial charge in [0, 0.05) is 24.6 Å². The van der Waals surface area contributed by atoms with Gasteiger partial charge in [0.15, 0.2) is 0 Å². The Hall–Kier alpha value is -1.06. The number of nitrogens with zero attached hydrogens (tertiary/aromatic N) is 1. The maximum absolute atomic E-state index is 11.0. The van der Waals surface area contributed by atoms with Gasteiger partial charge in [0.05, 0.1) is 12.7 Å². The van der Waals surface area contributed by atoms with Crippen LogP contribution in [0.1, 0.15) is 18.4 Å². The molecule has 0 aliphatic carbocycles. The number of piperidine rings is 1. The summed E-state index contributed by atoms with van der Waals surface area (Å²) in [6, 6.07) is 7.88. The van der Waals surface area contributed by atoms with E-state index in [1.165, 1.54) is 0 Å². The summed E-state index contributed by atoms with van der Waals surface area (Å²) in [5.41, 5.74) is 0.272. The zero-order chi connectivity index (χ0) is 11.9. The van der Waals surface area contributed by atoms with Crippen LogP contribution in [0.5, 0.6) is 5.75 Å². The van der Waals surface area contributed by atoms with Crippen LogP contribution in [0.4, 0.5) is 0 Å². The summed E-state index contributed by atoms with van der Waals surface area (Å²) in [5, 5.41) is 11.0. The maximum Gasteiger partial charge on any atom is 0.124 e. The molecule has 3 rings (SSSR count). The highest BCUT2D eigenvalue weighted by atomic mass is 16.5. The molecule has 3 heteroatoms. The minimum atomic E-state index is -0.695. The van der Waals surface area contributed by atoms with Gasteiger partial charge in [-0.1, -0.05) is 18.2 Å². The molecule has 2 saturated heterocycles. The van der Waals surface area contributed by atoms with E-state index in [4.69, 9.17) is 4.74 Å². The van der Waals surface area contributed by atoms with Crippen molar-refractivity contribution in [3.8, 4) is 5.75 Å². The average molecular weight is 233 g/mol. The summed E-state index contributed by atoms with van der Waals surface area (Å²) in [4.78, 5) is 2.44. The second-order valence-corrected chi connectivity index (χ2v) is 5.16. The van der Waals surface area contributed by atoms with E-state index >= 15 is 0 Å². The average Bonchev–Trinajstić information content (AvgIpc) is 2.79. The fraction of sp³-hybridized carbons (Fsp3) is 0.571. The molecule has 2 heterocycles. The number of aliphatic hydroxyl groups is 1. The lowest BCUT2D eigenvalue weighted by molar-refractivity contribution is -0.0516. The van der Waals surface area contributed by atoms with Gasteiger partial charge in [-0.05, 0) is 25.5 Å². The lowest BCUT2D eigenvalue weighted by Gasteiger charge is -2.39. The molecular formula is C14H19NO2. The Labute approximate surface area is 102 Å². The highest BCUT2D eigenvalue weighted by Gasteiger charge is 2.47. The van der Waals surface area contributed by atoms with E-state index in [0.717, 1.165) is 43.8 Å². The van der Waals surface area contributed by atoms with Crippen molar-refractivity contribution < 1.29 is 9.84 Å². The number of hydrogen-bond donors (Lipinski definition) is 1. The topological polar surface area (TPSA) is 32.7 Å². The summed E-state index contributed by atoms with van der Waals surface area (Å²) < 4.78 is 5.40. The van der Waals surface area contributed by atoms with Crippen molar-refractivity contribution in [2.24, 2.45) is 5.92 Å². The number of fused-ring (bicyclic) bond motifs is 2. The molecule has 2 aliphatic rings. The monoisotopic (exact) mass is 233 g/mol. The molecule has 0 amide bonds. The summed E-state index contributed by atoms with van der Waals surface area (Å²) in [6.45, 7) is 3.14. The number of methoxy groups -OCH3 is 1. The summed E-state index contributed by atoms with van der Waals surface area (Å²) in [6.07, 6.45) is 1.91. The molecule has 3 atom stereocenters. The van der Waals surface area contributed by atoms with Gasteiger partial charge in [-0.2, -0.15) is 0 Å². The van der Waals surface area contributed by atoms with Crippen molar-refractivity contribution in [1.29, 1.82) is 0 Å². The Morgan fingerprint density at radius 2 is 2.18 bits per heavy atom. The lowest BCUT2D eigenvalue weighted by Crippen LogP contribution is -2.44. The van der Waals surface area contributed by atoms with Gasteiger partial charge in [0.2, 0.25) is 0 Å². The third kappa shape index (κ3) is 1.65. The van der Waals surface area contributed by atoms with Crippen LogP contribution in [0, 0.1) is 5.92 Å². The van der Waals surface area contributed by atoms with Crippen LogP contribution < -0.4 is 4.74 Å². The quantitative estimate of drug-likeness (QED) is 0.842. The van der Waals surface area contributed by atoms with Crippen LogP contribution in [-0.4, -0.2) is 36.8 Å². The SMILES string of the molecule is COc1ccccc1C1(O)CCN2CCC1C2. The van der Waals surface area contributed by atoms with Crippen molar-refractivity contribution in [3.05, 3.63) is 29.8 Å². The molecule has 92 valence electrons. The minimum absolute atomic E-state index is 0.354. The number of hydrogen-bond acceptors (Lipinski definition) is 3. The first kappa shape index (κ1) is 11.1. The van der Waals surface area contributed by atoms with Crippen molar-refractivity contribution in [3.63, 3.8) is 0 Å². The number of ether oxygens (including phenoxy) is 1. The molecule has 2 fully saturated rings. The van der Waals surface area contributed by atoms with E-state index in [-0.39, 0.29) is 0 Å². The molecule has 2 bridgehead atoms. The molecule has 3 unspecified atom stereocenters. The molecule has 17 heavy (non-hydrogen) atoms. The first-order valence-corrected chi connectivity index (χ1v) is 6.32. The predicted octanol–water partition coefficient (Wildman–Crippen LogP) is 1.61. The van der Waals surface area contributed by atoms with E-state index in [1.807, 2.05) is 24.3 Å². The first-order valence-electron chi connectivity index (χ1n) is 6.32. The molecule has 1 aromatic rings. The van der Waals surface area contributed by atoms with Crippen LogP contribution in [0.2, 0.25) is 0 Å². The molecule has 0 saturated carbocycles. The van der Waals surface area contributed by atoms with Gasteiger partial charge in [-0.25, -0.2) is 0 Å². The van der Waals surface area contributed by atoms with Crippen LogP contribution in [0.25, 0.3) is 0 Å². The largest absolute Gasteiger partial charge is 0.496 e. The van der Waals surface area contributed by atoms with E-state index in [0.29, 0.717) is 5.92 Å². The fourth-order valence-electron chi connectivity index (χ4n) is 3.32. The molecule has 3 nitrogen and oxygen atoms in total. The summed E-state index contributed by atoms with van der Waals surface area (Å²) >= 11 is 0. The first-order chi connectivity index (χ1) is 8.24. The fourth-order valence-corrected chi connectivity index (χ4v) is 3.32. The normalized spacial score (nSPS) is 35.9. The highest BCUT2D eigenvalue weighted by molar-refractivity contribution is 5.39. The summed E-state index contributed by atoms with van der Waals surface area (Å²) in [5.74, 6) is 1.17. The zero-order valence-corrected chi connectivity index (χ0v) is 10.2. The van der Waals surface area contributed by atoms with E-state index < -0.39 is 5.60 Å². The maximum atomic E-state index is 11.0. The number of para-hydroxylation sites is 1. The van der Waals surface area contributed by atoms with E-state index in [1.54, 1.807) is 7.11 Å². The van der Waals surface area contributed by atoms with Crippen molar-refractivity contribution >= 4 is 0 Å². The molecule has 0 spiro atoms. The minimum Gasteiger partial charge on any atom is -0.496 e. The van der Waals surface area contributed by atoms with Crippen LogP contribution >= 0.6 is 0 Å². The summed E-state index contributed by atoms with van der Waals surface area (Å²) in [7, 11) is 1.67. The van der Waals surface area contributed by atoms with Crippen LogP contribution in [0.3, 0.4) is 0 Å². The van der Waals surface area contributed by atoms with Gasteiger partial charge in [0.25, 0.3) is 0 Å². The predicted molar refractivity (Wildman–Crippen MR) is 66.1 cm³/mol. The van der Waals surface area contributed by atoms with Gasteiger partial charge in [0.1, 0.15) is 5.75 Å². The Morgan fingerprint density at radius 3 is 3.00 bits per heavy atom. The second kappa shape index (κ2) is 4.00. The van der Waals surface area contributed by atoms with Gasteiger partial charge < -0.3 is 14.7 Å². The Kier molecular flexibility index (Phi) is 2.60. The Bertz CT molecular complexity index is 420. The van der Waals surface area contributed by atoms with Crippen molar-refractivity contribution in [2.75, 3.05) is 26.7 Å². The Balaban J connectivity index is 2.01. The highest BCUT2D eigenvalue weighted by Crippen LogP contribution is 2.45. The number of benzene rings is 1. The van der Waals surface area contributed by atoms with Gasteiger partial charge in [-0.15, -0.1) is 0 Å². The third-order valence-electron chi connectivity index (χ3n) is 4.33.